The van der Waals surface area contributed by atoms with Gasteiger partial charge in [-0.1, -0.05) is 50.7 Å². The Balaban J connectivity index is -0.00000156. The Labute approximate surface area is 284 Å². The molecule has 3 fully saturated rings. The van der Waals surface area contributed by atoms with Gasteiger partial charge in [-0.3, -0.25) is 0 Å². The normalized spacial score (nSPS) is 20.2. The molecule has 0 aromatic carbocycles. The molecule has 3 saturated heterocycles. The molecule has 0 atom stereocenters. The van der Waals surface area contributed by atoms with E-state index in [2.05, 4.69) is 44.8 Å². The number of nitrogens with zero attached hydrogens (tertiary/aromatic N) is 4. The van der Waals surface area contributed by atoms with Gasteiger partial charge in [-0.05, 0) is 34.5 Å². The van der Waals surface area contributed by atoms with Crippen molar-refractivity contribution >= 4 is 16.9 Å². The Morgan fingerprint density at radius 2 is 1.06 bits per heavy atom. The zero-order valence-corrected chi connectivity index (χ0v) is 27.0. The van der Waals surface area contributed by atoms with Crippen LogP contribution >= 0.6 is 11.3 Å². The first kappa shape index (κ1) is 42.2. The number of nitrogens with two attached hydrogens (primary N) is 3. The van der Waals surface area contributed by atoms with E-state index in [1.54, 1.807) is 20.9 Å². The predicted octanol–water partition coefficient (Wildman–Crippen LogP) is 8.93. The number of allylic oxidation sites excluding steroid dienone is 2. The predicted molar refractivity (Wildman–Crippen MR) is 141 cm³/mol. The summed E-state index contributed by atoms with van der Waals surface area (Å²) in [5.74, 6) is 2.06. The SMILES string of the molecule is C1=CC(c2sc(C3CC[N-]CC3)c(C3CC[N-]CC3)c2C2CC[N-]CC2)=CC[N-]1.[Ag+].[Ag+].[Ag+].[Ag+].[NH2-].[NH2-].[NH2-]. The summed E-state index contributed by atoms with van der Waals surface area (Å²) in [5.41, 5.74) is 4.86. The number of hydrogen-bond donors (Lipinski definition) is 0. The van der Waals surface area contributed by atoms with Crippen LogP contribution in [0.1, 0.15) is 77.2 Å². The van der Waals surface area contributed by atoms with Gasteiger partial charge in [-0.15, -0.1) is 57.2 Å². The first-order valence-corrected chi connectivity index (χ1v) is 12.3. The Bertz CT molecular complexity index is 773. The maximum atomic E-state index is 4.67. The van der Waals surface area contributed by atoms with E-state index in [9.17, 15) is 0 Å². The van der Waals surface area contributed by atoms with E-state index in [4.69, 9.17) is 0 Å². The van der Waals surface area contributed by atoms with Gasteiger partial charge in [0, 0.05) is 9.75 Å². The molecule has 4 aliphatic rings. The molecule has 0 aliphatic carbocycles. The largest absolute Gasteiger partial charge is 1.00 e. The summed E-state index contributed by atoms with van der Waals surface area (Å²) < 4.78 is 0. The molecule has 0 unspecified atom stereocenters. The first-order valence-electron chi connectivity index (χ1n) is 11.5. The van der Waals surface area contributed by atoms with Gasteiger partial charge in [0.2, 0.25) is 0 Å². The molecule has 1 aromatic heterocycles. The van der Waals surface area contributed by atoms with Crippen LogP contribution in [0.15, 0.2) is 18.4 Å². The Morgan fingerprint density at radius 1 is 0.611 bits per heavy atom. The van der Waals surface area contributed by atoms with Crippen molar-refractivity contribution in [3.8, 4) is 0 Å². The second kappa shape index (κ2) is 21.4. The van der Waals surface area contributed by atoms with Crippen LogP contribution < -0.4 is 0 Å². The van der Waals surface area contributed by atoms with Crippen molar-refractivity contribution in [3.05, 3.63) is 79.0 Å². The standard InChI is InChI=1S/C24H32N4S.4Ag.3H2N/c1-9-25-10-2-17(1)21-22(18-3-11-26-12-4-18)24(20-7-15-28-16-8-20)29-23(21)19-5-13-27-14-6-19;;;;;;;/h5-6,13,17-18,20H,1-4,7-12,14-16H2;;;;;3*1H2/q-4;4*+1;3*-1. The van der Waals surface area contributed by atoms with Gasteiger partial charge >= 0.3 is 89.5 Å². The molecule has 0 saturated carbocycles. The van der Waals surface area contributed by atoms with Crippen molar-refractivity contribution in [1.29, 1.82) is 0 Å². The van der Waals surface area contributed by atoms with Gasteiger partial charge < -0.3 is 39.7 Å². The molecule has 36 heavy (non-hydrogen) atoms. The second-order valence-electron chi connectivity index (χ2n) is 8.80. The molecule has 4 aliphatic heterocycles. The van der Waals surface area contributed by atoms with Crippen LogP contribution in [0, 0.1) is 0 Å². The zero-order chi connectivity index (χ0) is 19.5. The summed E-state index contributed by atoms with van der Waals surface area (Å²) in [6.07, 6.45) is 13.9. The smallest absolute Gasteiger partial charge is 0.693 e. The van der Waals surface area contributed by atoms with Crippen molar-refractivity contribution < 1.29 is 89.5 Å². The van der Waals surface area contributed by atoms with Crippen LogP contribution in [-0.2, 0) is 89.5 Å². The average molecular weight is 888 g/mol. The molecule has 5 rings (SSSR count). The molecule has 0 bridgehead atoms. The van der Waals surface area contributed by atoms with Crippen LogP contribution in [-0.4, -0.2) is 45.8 Å². The third-order valence-electron chi connectivity index (χ3n) is 7.05. The van der Waals surface area contributed by atoms with E-state index in [-0.39, 0.29) is 108 Å². The molecule has 0 spiro atoms. The van der Waals surface area contributed by atoms with E-state index in [0.717, 1.165) is 45.8 Å². The Morgan fingerprint density at radius 3 is 1.50 bits per heavy atom. The van der Waals surface area contributed by atoms with Crippen LogP contribution in [0.2, 0.25) is 0 Å². The molecular formula is C24H38Ag4N7S-3. The molecule has 12 heteroatoms. The van der Waals surface area contributed by atoms with Gasteiger partial charge in [-0.2, -0.15) is 6.20 Å². The number of hydrogen-bond acceptors (Lipinski definition) is 1. The third kappa shape index (κ3) is 9.96. The topological polar surface area (TPSA) is 157 Å². The maximum absolute atomic E-state index is 4.67. The van der Waals surface area contributed by atoms with Gasteiger partial charge in [0.25, 0.3) is 0 Å². The zero-order valence-electron chi connectivity index (χ0n) is 20.3. The molecule has 222 valence electrons. The molecule has 0 amide bonds. The third-order valence-corrected chi connectivity index (χ3v) is 8.48. The van der Waals surface area contributed by atoms with Crippen molar-refractivity contribution in [2.75, 3.05) is 45.8 Å². The molecule has 6 N–H and O–H groups in total. The quantitative estimate of drug-likeness (QED) is 0.265. The van der Waals surface area contributed by atoms with Gasteiger partial charge in [0.1, 0.15) is 0 Å². The summed E-state index contributed by atoms with van der Waals surface area (Å²) in [4.78, 5) is 3.26. The Kier molecular flexibility index (Phi) is 25.1. The summed E-state index contributed by atoms with van der Waals surface area (Å²) in [6, 6.07) is 0. The summed E-state index contributed by atoms with van der Waals surface area (Å²) >= 11 is 2.12. The fraction of sp³-hybridized carbons (Fsp3) is 0.667. The first-order chi connectivity index (χ1) is 14.4. The van der Waals surface area contributed by atoms with Crippen molar-refractivity contribution in [3.63, 3.8) is 0 Å². The van der Waals surface area contributed by atoms with E-state index < -0.39 is 0 Å². The van der Waals surface area contributed by atoms with Gasteiger partial charge in [-0.25, -0.2) is 0 Å². The van der Waals surface area contributed by atoms with Crippen LogP contribution in [0.3, 0.4) is 0 Å². The number of thiophene rings is 1. The van der Waals surface area contributed by atoms with E-state index in [1.165, 1.54) is 44.1 Å². The maximum Gasteiger partial charge on any atom is 1.00 e. The minimum atomic E-state index is 0. The monoisotopic (exact) mass is 884 g/mol. The van der Waals surface area contributed by atoms with Gasteiger partial charge in [0.15, 0.2) is 0 Å². The van der Waals surface area contributed by atoms with Crippen molar-refractivity contribution in [2.24, 2.45) is 0 Å². The minimum absolute atomic E-state index is 0. The van der Waals surface area contributed by atoms with E-state index in [1.807, 2.05) is 6.20 Å². The van der Waals surface area contributed by atoms with Crippen LogP contribution in [0.5, 0.6) is 0 Å². The molecule has 7 nitrogen and oxygen atoms in total. The van der Waals surface area contributed by atoms with E-state index >= 15 is 0 Å². The average Bonchev–Trinajstić information content (AvgIpc) is 3.22. The molecule has 5 heterocycles. The minimum Gasteiger partial charge on any atom is -0.693 e. The molecule has 1 aromatic rings. The number of piperidine rings is 3. The fourth-order valence-electron chi connectivity index (χ4n) is 5.49. The second-order valence-corrected chi connectivity index (χ2v) is 9.85. The summed E-state index contributed by atoms with van der Waals surface area (Å²) in [5, 5.41) is 18.4. The summed E-state index contributed by atoms with van der Waals surface area (Å²) in [6.45, 7) is 7.03. The fourth-order valence-corrected chi connectivity index (χ4v) is 7.16. The van der Waals surface area contributed by atoms with Crippen LogP contribution in [0.4, 0.5) is 0 Å². The number of rotatable bonds is 4. The summed E-state index contributed by atoms with van der Waals surface area (Å²) in [7, 11) is 0. The van der Waals surface area contributed by atoms with Crippen LogP contribution in [0.25, 0.3) is 45.3 Å². The molecule has 0 radical (unpaired) electrons. The van der Waals surface area contributed by atoms with Crippen molar-refractivity contribution in [1.82, 2.24) is 0 Å². The van der Waals surface area contributed by atoms with E-state index in [0.29, 0.717) is 17.8 Å². The molecular weight excluding hydrogens is 850 g/mol. The van der Waals surface area contributed by atoms with Gasteiger partial charge in [0.05, 0.1) is 0 Å². The Hall–Kier alpha value is 1.70. The van der Waals surface area contributed by atoms with Crippen molar-refractivity contribution in [2.45, 2.75) is 56.3 Å².